The highest BCUT2D eigenvalue weighted by Gasteiger charge is 2.22. The molecular weight excluding hydrogens is 224 g/mol. The van der Waals surface area contributed by atoms with Gasteiger partial charge in [-0.15, -0.1) is 0 Å². The molecule has 0 saturated heterocycles. The highest BCUT2D eigenvalue weighted by molar-refractivity contribution is 5.90. The first-order valence-electron chi connectivity index (χ1n) is 6.58. The summed E-state index contributed by atoms with van der Waals surface area (Å²) < 4.78 is 5.49. The van der Waals surface area contributed by atoms with Gasteiger partial charge in [0.2, 0.25) is 0 Å². The average Bonchev–Trinajstić information content (AvgIpc) is 2.75. The molecule has 96 valence electrons. The van der Waals surface area contributed by atoms with E-state index in [1.54, 1.807) is 7.11 Å². The number of methoxy groups -OCH3 is 1. The van der Waals surface area contributed by atoms with Crippen LogP contribution in [0.25, 0.3) is 10.9 Å². The summed E-state index contributed by atoms with van der Waals surface area (Å²) in [6.45, 7) is 2.12. The van der Waals surface area contributed by atoms with Crippen molar-refractivity contribution in [2.45, 2.75) is 32.2 Å². The first-order valence-corrected chi connectivity index (χ1v) is 6.58. The van der Waals surface area contributed by atoms with Gasteiger partial charge in [-0.1, -0.05) is 0 Å². The third-order valence-corrected chi connectivity index (χ3v) is 4.03. The Kier molecular flexibility index (Phi) is 2.78. The number of hydrogen-bond donors (Lipinski definition) is 2. The Morgan fingerprint density at radius 3 is 2.94 bits per heavy atom. The molecule has 0 fully saturated rings. The number of H-pyrrole nitrogens is 1. The van der Waals surface area contributed by atoms with Crippen LogP contribution in [-0.4, -0.2) is 25.2 Å². The molecule has 2 N–H and O–H groups in total. The lowest BCUT2D eigenvalue weighted by Gasteiger charge is -2.21. The molecule has 1 unspecified atom stereocenters. The zero-order chi connectivity index (χ0) is 12.7. The van der Waals surface area contributed by atoms with Crippen molar-refractivity contribution < 1.29 is 4.74 Å². The number of benzene rings is 1. The summed E-state index contributed by atoms with van der Waals surface area (Å²) in [6.07, 6.45) is 3.44. The van der Waals surface area contributed by atoms with Crippen LogP contribution >= 0.6 is 0 Å². The van der Waals surface area contributed by atoms with E-state index < -0.39 is 0 Å². The topological polar surface area (TPSA) is 37.0 Å². The van der Waals surface area contributed by atoms with Gasteiger partial charge in [-0.25, -0.2) is 0 Å². The van der Waals surface area contributed by atoms with Gasteiger partial charge in [0.05, 0.1) is 12.6 Å². The molecule has 1 aromatic heterocycles. The second-order valence-corrected chi connectivity index (χ2v) is 5.20. The van der Waals surface area contributed by atoms with E-state index in [0.29, 0.717) is 6.04 Å². The second-order valence-electron chi connectivity index (χ2n) is 5.20. The van der Waals surface area contributed by atoms with Gasteiger partial charge in [-0.05, 0) is 56.5 Å². The Labute approximate surface area is 108 Å². The van der Waals surface area contributed by atoms with Gasteiger partial charge in [0.1, 0.15) is 5.75 Å². The largest absolute Gasteiger partial charge is 0.495 e. The molecule has 0 saturated carbocycles. The summed E-state index contributed by atoms with van der Waals surface area (Å²) in [7, 11) is 3.79. The zero-order valence-electron chi connectivity index (χ0n) is 11.3. The average molecular weight is 244 g/mol. The minimum atomic E-state index is 0.600. The van der Waals surface area contributed by atoms with Crippen LogP contribution < -0.4 is 10.1 Å². The summed E-state index contributed by atoms with van der Waals surface area (Å²) >= 11 is 0. The molecule has 2 aromatic rings. The second kappa shape index (κ2) is 4.32. The van der Waals surface area contributed by atoms with Crippen LogP contribution in [0.15, 0.2) is 12.1 Å². The highest BCUT2D eigenvalue weighted by atomic mass is 16.5. The Balaban J connectivity index is 2.20. The van der Waals surface area contributed by atoms with Crippen LogP contribution in [-0.2, 0) is 12.8 Å². The fraction of sp³-hybridized carbons (Fsp3) is 0.467. The number of fused-ring (bicyclic) bond motifs is 3. The number of aryl methyl sites for hydroxylation is 2. The van der Waals surface area contributed by atoms with Crippen LogP contribution in [0.1, 0.15) is 23.2 Å². The Bertz CT molecular complexity index is 586. The fourth-order valence-corrected chi connectivity index (χ4v) is 3.03. The Morgan fingerprint density at radius 1 is 1.39 bits per heavy atom. The predicted octanol–water partition coefficient (Wildman–Crippen LogP) is 2.56. The van der Waals surface area contributed by atoms with Gasteiger partial charge >= 0.3 is 0 Å². The van der Waals surface area contributed by atoms with Crippen molar-refractivity contribution in [2.24, 2.45) is 0 Å². The van der Waals surface area contributed by atoms with Crippen LogP contribution in [0, 0.1) is 6.92 Å². The van der Waals surface area contributed by atoms with Crippen LogP contribution in [0.2, 0.25) is 0 Å². The molecule has 1 aromatic carbocycles. The summed E-state index contributed by atoms with van der Waals surface area (Å²) in [4.78, 5) is 3.55. The minimum Gasteiger partial charge on any atom is -0.495 e. The van der Waals surface area contributed by atoms with E-state index in [4.69, 9.17) is 4.74 Å². The molecule has 1 heterocycles. The quantitative estimate of drug-likeness (QED) is 0.852. The number of hydrogen-bond acceptors (Lipinski definition) is 2. The first kappa shape index (κ1) is 11.6. The lowest BCUT2D eigenvalue weighted by Crippen LogP contribution is -2.31. The number of likely N-dealkylation sites (N-methyl/N-ethyl adjacent to an activating group) is 1. The maximum atomic E-state index is 5.49. The Hall–Kier alpha value is -1.48. The normalized spacial score (nSPS) is 18.9. The molecule has 1 aliphatic carbocycles. The van der Waals surface area contributed by atoms with Crippen LogP contribution in [0.3, 0.4) is 0 Å². The number of nitrogens with one attached hydrogen (secondary N) is 2. The van der Waals surface area contributed by atoms with E-state index in [9.17, 15) is 0 Å². The lowest BCUT2D eigenvalue weighted by molar-refractivity contribution is 0.418. The third kappa shape index (κ3) is 1.70. The fourth-order valence-electron chi connectivity index (χ4n) is 3.03. The smallest absolute Gasteiger partial charge is 0.143 e. The monoisotopic (exact) mass is 244 g/mol. The van der Waals surface area contributed by atoms with Crippen molar-refractivity contribution in [3.05, 3.63) is 29.0 Å². The van der Waals surface area contributed by atoms with Crippen molar-refractivity contribution in [1.29, 1.82) is 0 Å². The molecule has 0 amide bonds. The molecule has 3 rings (SSSR count). The highest BCUT2D eigenvalue weighted by Crippen LogP contribution is 2.34. The van der Waals surface area contributed by atoms with Gasteiger partial charge in [0, 0.05) is 17.1 Å². The first-order chi connectivity index (χ1) is 8.72. The summed E-state index contributed by atoms with van der Waals surface area (Å²) in [6, 6.07) is 4.97. The number of rotatable bonds is 2. The maximum absolute atomic E-state index is 5.49. The molecule has 0 aliphatic heterocycles. The summed E-state index contributed by atoms with van der Waals surface area (Å²) in [5, 5.41) is 4.73. The van der Waals surface area contributed by atoms with Crippen molar-refractivity contribution in [1.82, 2.24) is 10.3 Å². The molecule has 1 atom stereocenters. The molecule has 3 nitrogen and oxygen atoms in total. The Morgan fingerprint density at radius 2 is 2.22 bits per heavy atom. The van der Waals surface area contributed by atoms with E-state index in [-0.39, 0.29) is 0 Å². The van der Waals surface area contributed by atoms with Crippen molar-refractivity contribution in [3.8, 4) is 5.75 Å². The molecule has 18 heavy (non-hydrogen) atoms. The number of aromatic amines is 1. The van der Waals surface area contributed by atoms with Gasteiger partial charge in [-0.2, -0.15) is 0 Å². The molecule has 3 heteroatoms. The maximum Gasteiger partial charge on any atom is 0.143 e. The van der Waals surface area contributed by atoms with Crippen LogP contribution in [0.4, 0.5) is 0 Å². The van der Waals surface area contributed by atoms with E-state index in [1.807, 2.05) is 0 Å². The molecule has 1 aliphatic rings. The van der Waals surface area contributed by atoms with Crippen molar-refractivity contribution >= 4 is 10.9 Å². The van der Waals surface area contributed by atoms with Crippen molar-refractivity contribution in [3.63, 3.8) is 0 Å². The van der Waals surface area contributed by atoms with Crippen LogP contribution in [0.5, 0.6) is 5.75 Å². The third-order valence-electron chi connectivity index (χ3n) is 4.03. The number of ether oxygens (including phenoxy) is 1. The van der Waals surface area contributed by atoms with Gasteiger partial charge in [0.25, 0.3) is 0 Å². The standard InChI is InChI=1S/C15H20N2O/c1-9-6-12-11-8-10(16-2)4-5-13(11)17-15(12)14(7-9)18-3/h6-7,10,16-17H,4-5,8H2,1-3H3. The van der Waals surface area contributed by atoms with Crippen molar-refractivity contribution in [2.75, 3.05) is 14.2 Å². The predicted molar refractivity (Wildman–Crippen MR) is 74.5 cm³/mol. The zero-order valence-corrected chi connectivity index (χ0v) is 11.3. The van der Waals surface area contributed by atoms with Gasteiger partial charge in [-0.3, -0.25) is 0 Å². The molecule has 0 radical (unpaired) electrons. The minimum absolute atomic E-state index is 0.600. The van der Waals surface area contributed by atoms with E-state index in [2.05, 4.69) is 36.4 Å². The molecule has 0 spiro atoms. The summed E-state index contributed by atoms with van der Waals surface area (Å²) in [5.74, 6) is 0.959. The SMILES string of the molecule is CNC1CCc2[nH]c3c(OC)cc(C)cc3c2C1. The van der Waals surface area contributed by atoms with Gasteiger partial charge in [0.15, 0.2) is 0 Å². The molecule has 0 bridgehead atoms. The number of aromatic nitrogens is 1. The molecular formula is C15H20N2O. The van der Waals surface area contributed by atoms with E-state index in [0.717, 1.165) is 24.1 Å². The summed E-state index contributed by atoms with van der Waals surface area (Å²) in [5.41, 5.74) is 5.27. The lowest BCUT2D eigenvalue weighted by atomic mass is 9.91. The van der Waals surface area contributed by atoms with E-state index >= 15 is 0 Å². The van der Waals surface area contributed by atoms with Gasteiger partial charge < -0.3 is 15.0 Å². The van der Waals surface area contributed by atoms with E-state index in [1.165, 1.54) is 28.6 Å².